The molecule has 2 aliphatic heterocycles. The zero-order valence-electron chi connectivity index (χ0n) is 17.6. The molecule has 32 heavy (non-hydrogen) atoms. The van der Waals surface area contributed by atoms with Crippen LogP contribution in [0.5, 0.6) is 0 Å². The minimum Gasteiger partial charge on any atom is -0.447 e. The van der Waals surface area contributed by atoms with E-state index in [0.717, 1.165) is 11.1 Å². The minimum absolute atomic E-state index is 0.0445. The molecule has 2 saturated heterocycles. The third-order valence-corrected chi connectivity index (χ3v) is 6.07. The van der Waals surface area contributed by atoms with Crippen LogP contribution in [0.1, 0.15) is 24.4 Å². The lowest BCUT2D eigenvalue weighted by molar-refractivity contribution is -0.133. The quantitative estimate of drug-likeness (QED) is 0.615. The summed E-state index contributed by atoms with van der Waals surface area (Å²) >= 11 is 0. The maximum Gasteiger partial charge on any atom is 0.410 e. The Morgan fingerprint density at radius 2 is 1.69 bits per heavy atom. The van der Waals surface area contributed by atoms with Crippen LogP contribution in [-0.2, 0) is 16.1 Å². The fraction of sp³-hybridized carbons (Fsp3) is 0.348. The fourth-order valence-electron chi connectivity index (χ4n) is 4.40. The first kappa shape index (κ1) is 20.2. The molecule has 1 aromatic heterocycles. The van der Waals surface area contributed by atoms with Gasteiger partial charge in [-0.2, -0.15) is 4.80 Å². The van der Waals surface area contributed by atoms with Crippen LogP contribution in [0.15, 0.2) is 60.7 Å². The molecular weight excluding hydrogens is 408 g/mol. The number of benzene rings is 2. The van der Waals surface area contributed by atoms with Crippen molar-refractivity contribution in [1.29, 1.82) is 0 Å². The molecule has 2 amide bonds. The van der Waals surface area contributed by atoms with Gasteiger partial charge in [0.2, 0.25) is 11.7 Å². The number of tetrazole rings is 1. The van der Waals surface area contributed by atoms with Crippen LogP contribution in [0, 0.1) is 0 Å². The second kappa shape index (κ2) is 8.78. The number of ether oxygens (including phenoxy) is 1. The van der Waals surface area contributed by atoms with Gasteiger partial charge in [-0.25, -0.2) is 4.79 Å². The second-order valence-corrected chi connectivity index (χ2v) is 8.03. The highest BCUT2D eigenvalue weighted by atomic mass is 16.6. The molecular formula is C23H24N6O3. The number of aromatic nitrogens is 4. The molecule has 3 aromatic rings. The summed E-state index contributed by atoms with van der Waals surface area (Å²) < 4.78 is 5.36. The lowest BCUT2D eigenvalue weighted by atomic mass is 9.99. The molecule has 164 valence electrons. The Bertz CT molecular complexity index is 1080. The van der Waals surface area contributed by atoms with Crippen molar-refractivity contribution >= 4 is 12.0 Å². The van der Waals surface area contributed by atoms with E-state index in [1.165, 1.54) is 4.80 Å². The van der Waals surface area contributed by atoms with Gasteiger partial charge in [-0.05, 0) is 23.6 Å². The topological polar surface area (TPSA) is 93.5 Å². The highest BCUT2D eigenvalue weighted by molar-refractivity contribution is 5.76. The number of carbonyl (C=O) groups excluding carboxylic acids is 2. The summed E-state index contributed by atoms with van der Waals surface area (Å²) in [6, 6.07) is 19.5. The van der Waals surface area contributed by atoms with Crippen molar-refractivity contribution in [3.05, 3.63) is 66.2 Å². The molecule has 0 N–H and O–H groups in total. The standard InChI is InChI=1S/C23H24N6O3/c30-21(15-28-25-22(24-26-28)18-9-5-2-6-10-18)27-13-11-19(12-14-27)29-20(16-32-23(29)31)17-7-3-1-4-8-17/h1-10,19-20H,11-16H2. The van der Waals surface area contributed by atoms with Crippen LogP contribution in [0.3, 0.4) is 0 Å². The predicted octanol–water partition coefficient (Wildman–Crippen LogP) is 2.52. The first-order chi connectivity index (χ1) is 15.7. The van der Waals surface area contributed by atoms with E-state index < -0.39 is 0 Å². The van der Waals surface area contributed by atoms with Gasteiger partial charge in [-0.1, -0.05) is 60.7 Å². The average molecular weight is 432 g/mol. The number of hydrogen-bond donors (Lipinski definition) is 0. The van der Waals surface area contributed by atoms with E-state index in [0.29, 0.717) is 38.4 Å². The van der Waals surface area contributed by atoms with Crippen LogP contribution in [0.25, 0.3) is 11.4 Å². The number of cyclic esters (lactones) is 1. The summed E-state index contributed by atoms with van der Waals surface area (Å²) in [4.78, 5) is 30.2. The predicted molar refractivity (Wildman–Crippen MR) is 115 cm³/mol. The normalized spacial score (nSPS) is 19.2. The lowest BCUT2D eigenvalue weighted by Crippen LogP contribution is -2.48. The third kappa shape index (κ3) is 4.05. The minimum atomic E-state index is -0.274. The number of amides is 2. The van der Waals surface area contributed by atoms with E-state index >= 15 is 0 Å². The molecule has 0 spiro atoms. The Kier molecular flexibility index (Phi) is 5.53. The van der Waals surface area contributed by atoms with Gasteiger partial charge >= 0.3 is 6.09 Å². The molecule has 1 atom stereocenters. The number of hydrogen-bond acceptors (Lipinski definition) is 6. The van der Waals surface area contributed by atoms with Gasteiger partial charge in [-0.3, -0.25) is 9.69 Å². The molecule has 5 rings (SSSR count). The van der Waals surface area contributed by atoms with E-state index in [9.17, 15) is 9.59 Å². The van der Waals surface area contributed by atoms with Crippen LogP contribution < -0.4 is 0 Å². The van der Waals surface area contributed by atoms with Crippen LogP contribution in [0.2, 0.25) is 0 Å². The molecule has 0 radical (unpaired) electrons. The van der Waals surface area contributed by atoms with Gasteiger partial charge < -0.3 is 9.64 Å². The zero-order valence-corrected chi connectivity index (χ0v) is 17.6. The third-order valence-electron chi connectivity index (χ3n) is 6.07. The molecule has 3 heterocycles. The zero-order chi connectivity index (χ0) is 21.9. The Hall–Kier alpha value is -3.75. The maximum atomic E-state index is 12.8. The van der Waals surface area contributed by atoms with E-state index in [-0.39, 0.29) is 30.6 Å². The van der Waals surface area contributed by atoms with Gasteiger partial charge in [0.15, 0.2) is 0 Å². The Labute approximate surface area is 185 Å². The SMILES string of the molecule is O=C(Cn1nnc(-c2ccccc2)n1)N1CCC(N2C(=O)OCC2c2ccccc2)CC1. The Morgan fingerprint density at radius 3 is 2.41 bits per heavy atom. The van der Waals surface area contributed by atoms with Gasteiger partial charge in [0, 0.05) is 24.7 Å². The van der Waals surface area contributed by atoms with Crippen molar-refractivity contribution in [2.75, 3.05) is 19.7 Å². The van der Waals surface area contributed by atoms with Crippen LogP contribution in [0.4, 0.5) is 4.79 Å². The monoisotopic (exact) mass is 432 g/mol. The number of likely N-dealkylation sites (tertiary alicyclic amines) is 1. The van der Waals surface area contributed by atoms with Gasteiger partial charge in [0.05, 0.1) is 6.04 Å². The molecule has 0 aliphatic carbocycles. The van der Waals surface area contributed by atoms with Crippen molar-refractivity contribution in [2.45, 2.75) is 31.5 Å². The fourth-order valence-corrected chi connectivity index (χ4v) is 4.40. The molecule has 2 aliphatic rings. The van der Waals surface area contributed by atoms with Crippen LogP contribution >= 0.6 is 0 Å². The summed E-state index contributed by atoms with van der Waals surface area (Å²) in [5, 5.41) is 12.4. The lowest BCUT2D eigenvalue weighted by Gasteiger charge is -2.37. The van der Waals surface area contributed by atoms with Gasteiger partial charge in [0.1, 0.15) is 13.2 Å². The molecule has 9 heteroatoms. The molecule has 2 aromatic carbocycles. The summed E-state index contributed by atoms with van der Waals surface area (Å²) in [6.45, 7) is 1.57. The maximum absolute atomic E-state index is 12.8. The van der Waals surface area contributed by atoms with E-state index in [2.05, 4.69) is 15.4 Å². The summed E-state index contributed by atoms with van der Waals surface area (Å²) in [6.07, 6.45) is 1.15. The smallest absolute Gasteiger partial charge is 0.410 e. The van der Waals surface area contributed by atoms with Crippen molar-refractivity contribution in [1.82, 2.24) is 30.0 Å². The van der Waals surface area contributed by atoms with Crippen molar-refractivity contribution in [3.63, 3.8) is 0 Å². The molecule has 1 unspecified atom stereocenters. The first-order valence-electron chi connectivity index (χ1n) is 10.8. The Morgan fingerprint density at radius 1 is 1.00 bits per heavy atom. The number of rotatable bonds is 5. The van der Waals surface area contributed by atoms with Crippen molar-refractivity contribution in [3.8, 4) is 11.4 Å². The second-order valence-electron chi connectivity index (χ2n) is 8.03. The van der Waals surface area contributed by atoms with Gasteiger partial charge in [-0.15, -0.1) is 10.2 Å². The van der Waals surface area contributed by atoms with E-state index in [1.54, 1.807) is 4.90 Å². The molecule has 0 saturated carbocycles. The van der Waals surface area contributed by atoms with Crippen molar-refractivity contribution < 1.29 is 14.3 Å². The van der Waals surface area contributed by atoms with E-state index in [4.69, 9.17) is 4.74 Å². The van der Waals surface area contributed by atoms with Gasteiger partial charge in [0.25, 0.3) is 0 Å². The molecule has 0 bridgehead atoms. The molecule has 2 fully saturated rings. The van der Waals surface area contributed by atoms with Crippen LogP contribution in [-0.4, -0.2) is 67.7 Å². The number of nitrogens with zero attached hydrogens (tertiary/aromatic N) is 6. The summed E-state index contributed by atoms with van der Waals surface area (Å²) in [7, 11) is 0. The van der Waals surface area contributed by atoms with Crippen molar-refractivity contribution in [2.24, 2.45) is 0 Å². The summed E-state index contributed by atoms with van der Waals surface area (Å²) in [5.74, 6) is 0.445. The number of carbonyl (C=O) groups is 2. The van der Waals surface area contributed by atoms with E-state index in [1.807, 2.05) is 65.6 Å². The summed E-state index contributed by atoms with van der Waals surface area (Å²) in [5.41, 5.74) is 1.93. The highest BCUT2D eigenvalue weighted by Gasteiger charge is 2.40. The Balaban J connectivity index is 1.19. The average Bonchev–Trinajstić information content (AvgIpc) is 3.47. The molecule has 9 nitrogen and oxygen atoms in total. The first-order valence-corrected chi connectivity index (χ1v) is 10.8. The number of piperidine rings is 1. The largest absolute Gasteiger partial charge is 0.447 e. The highest BCUT2D eigenvalue weighted by Crippen LogP contribution is 2.33.